The molecule has 2 aliphatic rings. The van der Waals surface area contributed by atoms with Gasteiger partial charge in [-0.3, -0.25) is 19.4 Å². The molecule has 3 amide bonds. The number of fused-ring (bicyclic) bond motifs is 1. The van der Waals surface area contributed by atoms with Gasteiger partial charge in [-0.2, -0.15) is 5.11 Å². The van der Waals surface area contributed by atoms with Crippen molar-refractivity contribution in [2.75, 3.05) is 16.8 Å². The fourth-order valence-corrected chi connectivity index (χ4v) is 3.69. The van der Waals surface area contributed by atoms with Gasteiger partial charge >= 0.3 is 0 Å². The van der Waals surface area contributed by atoms with E-state index >= 15 is 0 Å². The Bertz CT molecular complexity index is 1080. The van der Waals surface area contributed by atoms with Crippen LogP contribution in [0, 0.1) is 5.82 Å². The van der Waals surface area contributed by atoms with Gasteiger partial charge in [-0.1, -0.05) is 41.9 Å². The van der Waals surface area contributed by atoms with Crippen molar-refractivity contribution in [2.45, 2.75) is 25.4 Å². The highest BCUT2D eigenvalue weighted by Crippen LogP contribution is 2.33. The summed E-state index contributed by atoms with van der Waals surface area (Å²) in [6, 6.07) is 8.85. The second-order valence-corrected chi connectivity index (χ2v) is 7.27. The van der Waals surface area contributed by atoms with E-state index in [1.54, 1.807) is 6.07 Å². The van der Waals surface area contributed by atoms with E-state index < -0.39 is 29.7 Å². The van der Waals surface area contributed by atoms with Crippen LogP contribution in [-0.2, 0) is 20.8 Å². The number of nitrogens with one attached hydrogen (secondary N) is 1. The van der Waals surface area contributed by atoms with Gasteiger partial charge in [-0.15, -0.1) is 0 Å². The van der Waals surface area contributed by atoms with Crippen LogP contribution in [-0.4, -0.2) is 41.4 Å². The molecule has 8 nitrogen and oxygen atoms in total. The maximum atomic E-state index is 13.4. The molecule has 0 aromatic heterocycles. The monoisotopic (exact) mass is 429 g/mol. The third-order valence-corrected chi connectivity index (χ3v) is 5.29. The molecule has 0 spiro atoms. The van der Waals surface area contributed by atoms with Crippen LogP contribution in [0.4, 0.5) is 15.8 Å². The predicted molar refractivity (Wildman–Crippen MR) is 107 cm³/mol. The number of aryl methyl sites for hydroxylation is 1. The Morgan fingerprint density at radius 2 is 1.97 bits per heavy atom. The van der Waals surface area contributed by atoms with E-state index in [4.69, 9.17) is 11.6 Å². The van der Waals surface area contributed by atoms with Crippen molar-refractivity contribution in [3.63, 3.8) is 0 Å². The maximum Gasteiger partial charge on any atom is 0.263 e. The van der Waals surface area contributed by atoms with Crippen LogP contribution in [0.2, 0.25) is 5.02 Å². The molecular weight excluding hydrogens is 413 g/mol. The molecule has 2 aromatic carbocycles. The summed E-state index contributed by atoms with van der Waals surface area (Å²) >= 11 is 5.78. The van der Waals surface area contributed by atoms with Crippen molar-refractivity contribution in [1.29, 1.82) is 0 Å². The van der Waals surface area contributed by atoms with Crippen LogP contribution < -0.4 is 10.2 Å². The zero-order valence-electron chi connectivity index (χ0n) is 15.9. The lowest BCUT2D eigenvalue weighted by molar-refractivity contribution is -0.123. The van der Waals surface area contributed by atoms with Crippen molar-refractivity contribution in [1.82, 2.24) is 5.01 Å². The highest BCUT2D eigenvalue weighted by molar-refractivity contribution is 6.32. The summed E-state index contributed by atoms with van der Waals surface area (Å²) < 4.78 is 13.4. The first-order valence-corrected chi connectivity index (χ1v) is 9.66. The molecule has 0 unspecified atom stereocenters. The number of carbonyl (C=O) groups is 3. The van der Waals surface area contributed by atoms with Crippen LogP contribution in [0.1, 0.15) is 12.5 Å². The van der Waals surface area contributed by atoms with Crippen LogP contribution in [0.25, 0.3) is 0 Å². The van der Waals surface area contributed by atoms with Crippen LogP contribution in [0.15, 0.2) is 52.8 Å². The Morgan fingerprint density at radius 1 is 1.20 bits per heavy atom. The second kappa shape index (κ2) is 7.83. The third-order valence-electron chi connectivity index (χ3n) is 5.00. The van der Waals surface area contributed by atoms with Crippen molar-refractivity contribution >= 4 is 40.7 Å². The molecule has 1 N–H and O–H groups in total. The highest BCUT2D eigenvalue weighted by Gasteiger charge is 2.55. The number of benzene rings is 2. The fraction of sp³-hybridized carbons (Fsp3) is 0.250. The second-order valence-electron chi connectivity index (χ2n) is 6.86. The minimum atomic E-state index is -1.06. The normalized spacial score (nSPS) is 20.1. The zero-order valence-corrected chi connectivity index (χ0v) is 16.6. The third kappa shape index (κ3) is 3.41. The number of hydrogen-bond donors (Lipinski definition) is 1. The topological polar surface area (TPSA) is 94.4 Å². The van der Waals surface area contributed by atoms with Crippen molar-refractivity contribution in [2.24, 2.45) is 10.3 Å². The maximum absolute atomic E-state index is 13.4. The quantitative estimate of drug-likeness (QED) is 0.739. The Kier molecular flexibility index (Phi) is 5.21. The lowest BCUT2D eigenvalue weighted by Crippen LogP contribution is -2.43. The molecule has 2 aliphatic heterocycles. The van der Waals surface area contributed by atoms with Gasteiger partial charge < -0.3 is 5.32 Å². The van der Waals surface area contributed by atoms with E-state index in [1.165, 1.54) is 17.1 Å². The predicted octanol–water partition coefficient (Wildman–Crippen LogP) is 2.97. The summed E-state index contributed by atoms with van der Waals surface area (Å²) in [5, 5.41) is 11.5. The average molecular weight is 430 g/mol. The summed E-state index contributed by atoms with van der Waals surface area (Å²) in [5.41, 5.74) is 1.79. The smallest absolute Gasteiger partial charge is 0.263 e. The molecular formula is C20H17ClFN5O3. The molecule has 1 fully saturated rings. The van der Waals surface area contributed by atoms with Gasteiger partial charge in [0.05, 0.1) is 10.7 Å². The minimum absolute atomic E-state index is 0.141. The summed E-state index contributed by atoms with van der Waals surface area (Å²) in [6.07, 6.45) is 0.743. The largest absolute Gasteiger partial charge is 0.324 e. The first-order chi connectivity index (χ1) is 14.4. The van der Waals surface area contributed by atoms with E-state index in [9.17, 15) is 18.8 Å². The first kappa shape index (κ1) is 20.0. The number of anilines is 2. The van der Waals surface area contributed by atoms with Crippen molar-refractivity contribution in [3.05, 3.63) is 58.9 Å². The Balaban J connectivity index is 1.50. The summed E-state index contributed by atoms with van der Waals surface area (Å²) in [5.74, 6) is -2.25. The van der Waals surface area contributed by atoms with Crippen molar-refractivity contribution < 1.29 is 18.8 Å². The number of nitrogens with zero attached hydrogens (tertiary/aromatic N) is 4. The van der Waals surface area contributed by atoms with Gasteiger partial charge in [0.25, 0.3) is 11.8 Å². The van der Waals surface area contributed by atoms with Gasteiger partial charge in [0.1, 0.15) is 12.4 Å². The van der Waals surface area contributed by atoms with Crippen LogP contribution in [0.3, 0.4) is 0 Å². The van der Waals surface area contributed by atoms with Crippen LogP contribution >= 0.6 is 11.6 Å². The van der Waals surface area contributed by atoms with E-state index in [-0.39, 0.29) is 23.2 Å². The standard InChI is InChI=1S/C20H17ClFN5O3/c1-2-11-5-3-4-6-15(11)23-16(28)10-26-18-17(24-25-26)19(29)27(20(18)30)12-7-8-14(22)13(21)9-12/h3-9,17-18H,2,10H2,1H3,(H,23,28)/t17-,18-/m0/s1. The molecule has 0 bridgehead atoms. The Morgan fingerprint density at radius 3 is 2.70 bits per heavy atom. The molecule has 0 saturated carbocycles. The average Bonchev–Trinajstić information content (AvgIpc) is 3.24. The summed E-state index contributed by atoms with van der Waals surface area (Å²) in [6.45, 7) is 1.73. The molecule has 30 heavy (non-hydrogen) atoms. The molecule has 154 valence electrons. The number of rotatable bonds is 5. The molecule has 2 heterocycles. The van der Waals surface area contributed by atoms with Gasteiger partial charge in [0.2, 0.25) is 5.91 Å². The molecule has 2 atom stereocenters. The molecule has 1 saturated heterocycles. The van der Waals surface area contributed by atoms with Crippen molar-refractivity contribution in [3.8, 4) is 0 Å². The minimum Gasteiger partial charge on any atom is -0.324 e. The Labute approximate surface area is 176 Å². The lowest BCUT2D eigenvalue weighted by atomic mass is 10.1. The summed E-state index contributed by atoms with van der Waals surface area (Å²) in [4.78, 5) is 39.0. The van der Waals surface area contributed by atoms with Gasteiger partial charge in [-0.05, 0) is 36.2 Å². The zero-order chi connectivity index (χ0) is 21.4. The molecule has 2 aromatic rings. The number of halogens is 2. The fourth-order valence-electron chi connectivity index (χ4n) is 3.52. The number of hydrogen-bond acceptors (Lipinski definition) is 6. The van der Waals surface area contributed by atoms with Gasteiger partial charge in [-0.25, -0.2) is 9.29 Å². The Hall–Kier alpha value is -3.33. The number of imide groups is 1. The van der Waals surface area contributed by atoms with Crippen LogP contribution in [0.5, 0.6) is 0 Å². The van der Waals surface area contributed by atoms with E-state index in [0.29, 0.717) is 5.69 Å². The highest BCUT2D eigenvalue weighted by atomic mass is 35.5. The number of carbonyl (C=O) groups excluding carboxylic acids is 3. The number of para-hydroxylation sites is 1. The molecule has 0 aliphatic carbocycles. The first-order valence-electron chi connectivity index (χ1n) is 9.28. The number of amides is 3. The lowest BCUT2D eigenvalue weighted by Gasteiger charge is -2.20. The van der Waals surface area contributed by atoms with E-state index in [2.05, 4.69) is 15.7 Å². The molecule has 4 rings (SSSR count). The molecule has 0 radical (unpaired) electrons. The van der Waals surface area contributed by atoms with Gasteiger partial charge in [0, 0.05) is 5.69 Å². The SMILES string of the molecule is CCc1ccccc1NC(=O)CN1N=N[C@@H]2C(=O)N(c3ccc(F)c(Cl)c3)C(=O)[C@H]21. The van der Waals surface area contributed by atoms with E-state index in [1.807, 2.05) is 25.1 Å². The van der Waals surface area contributed by atoms with E-state index in [0.717, 1.165) is 23.0 Å². The molecule has 10 heteroatoms. The van der Waals surface area contributed by atoms with Gasteiger partial charge in [0.15, 0.2) is 12.1 Å². The summed E-state index contributed by atoms with van der Waals surface area (Å²) in [7, 11) is 0.